The number of benzene rings is 3. The van der Waals surface area contributed by atoms with Crippen LogP contribution in [0.4, 0.5) is 0 Å². The van der Waals surface area contributed by atoms with Crippen LogP contribution in [0, 0.1) is 5.92 Å². The summed E-state index contributed by atoms with van der Waals surface area (Å²) in [6, 6.07) is 29.9. The number of ketones is 1. The second kappa shape index (κ2) is 10.4. The Morgan fingerprint density at radius 2 is 1.21 bits per heavy atom. The van der Waals surface area contributed by atoms with Crippen molar-refractivity contribution in [2.75, 3.05) is 0 Å². The van der Waals surface area contributed by atoms with Crippen LogP contribution < -0.4 is 0 Å². The number of carbonyl (C=O) groups is 2. The quantitative estimate of drug-likeness (QED) is 0.358. The van der Waals surface area contributed by atoms with E-state index < -0.39 is 11.9 Å². The minimum Gasteiger partial charge on any atom is -0.460 e. The molecule has 0 N–H and O–H groups in total. The molecule has 3 rings (SSSR count). The molecule has 3 heteroatoms. The van der Waals surface area contributed by atoms with Gasteiger partial charge in [-0.05, 0) is 36.5 Å². The first-order chi connectivity index (χ1) is 14.1. The van der Waals surface area contributed by atoms with E-state index in [1.165, 1.54) is 18.1 Å². The maximum atomic E-state index is 12.6. The minimum absolute atomic E-state index is 0.126. The SMILES string of the molecule is CC(=O)C(CCC(c1ccccc1)c1ccccc1)C(=O)OCc1ccccc1. The van der Waals surface area contributed by atoms with Crippen molar-refractivity contribution in [3.05, 3.63) is 108 Å². The first kappa shape index (κ1) is 20.5. The van der Waals surface area contributed by atoms with Crippen LogP contribution in [-0.2, 0) is 20.9 Å². The predicted molar refractivity (Wildman–Crippen MR) is 114 cm³/mol. The Balaban J connectivity index is 1.70. The van der Waals surface area contributed by atoms with Gasteiger partial charge in [0.1, 0.15) is 18.3 Å². The van der Waals surface area contributed by atoms with Crippen LogP contribution in [0.3, 0.4) is 0 Å². The zero-order valence-electron chi connectivity index (χ0n) is 16.7. The van der Waals surface area contributed by atoms with Crippen molar-refractivity contribution in [2.45, 2.75) is 32.3 Å². The normalized spacial score (nSPS) is 11.8. The molecule has 0 aliphatic rings. The molecule has 0 heterocycles. The molecule has 0 radical (unpaired) electrons. The minimum atomic E-state index is -0.742. The summed E-state index contributed by atoms with van der Waals surface area (Å²) in [7, 11) is 0. The lowest BCUT2D eigenvalue weighted by Crippen LogP contribution is -2.25. The van der Waals surface area contributed by atoms with Crippen molar-refractivity contribution >= 4 is 11.8 Å². The van der Waals surface area contributed by atoms with E-state index in [1.54, 1.807) is 0 Å². The van der Waals surface area contributed by atoms with E-state index in [9.17, 15) is 9.59 Å². The van der Waals surface area contributed by atoms with Gasteiger partial charge in [0, 0.05) is 5.92 Å². The highest BCUT2D eigenvalue weighted by Gasteiger charge is 2.27. The maximum absolute atomic E-state index is 12.6. The highest BCUT2D eigenvalue weighted by Crippen LogP contribution is 2.31. The van der Waals surface area contributed by atoms with Gasteiger partial charge in [-0.3, -0.25) is 9.59 Å². The van der Waals surface area contributed by atoms with Crippen LogP contribution in [0.25, 0.3) is 0 Å². The van der Waals surface area contributed by atoms with Crippen molar-refractivity contribution in [3.63, 3.8) is 0 Å². The van der Waals surface area contributed by atoms with Crippen LogP contribution in [-0.4, -0.2) is 11.8 Å². The zero-order chi connectivity index (χ0) is 20.5. The lowest BCUT2D eigenvalue weighted by Gasteiger charge is -2.20. The molecule has 0 aliphatic heterocycles. The molecule has 0 aliphatic carbocycles. The van der Waals surface area contributed by atoms with E-state index in [4.69, 9.17) is 4.74 Å². The third-order valence-corrected chi connectivity index (χ3v) is 5.15. The van der Waals surface area contributed by atoms with Gasteiger partial charge in [0.05, 0.1) is 0 Å². The number of hydrogen-bond acceptors (Lipinski definition) is 3. The standard InChI is InChI=1S/C26H26O3/c1-20(27)24(26(28)29-19-21-11-5-2-6-12-21)17-18-25(22-13-7-3-8-14-22)23-15-9-4-10-16-23/h2-16,24-25H,17-19H2,1H3. The first-order valence-corrected chi connectivity index (χ1v) is 9.96. The summed E-state index contributed by atoms with van der Waals surface area (Å²) in [6.45, 7) is 1.65. The predicted octanol–water partition coefficient (Wildman–Crippen LogP) is 5.55. The molecule has 3 nitrogen and oxygen atoms in total. The highest BCUT2D eigenvalue weighted by molar-refractivity contribution is 5.97. The summed E-state index contributed by atoms with van der Waals surface area (Å²) in [4.78, 5) is 24.8. The average molecular weight is 386 g/mol. The number of Topliss-reactive ketones (excluding diaryl/α,β-unsaturated/α-hetero) is 1. The van der Waals surface area contributed by atoms with Gasteiger partial charge >= 0.3 is 5.97 Å². The maximum Gasteiger partial charge on any atom is 0.316 e. The van der Waals surface area contributed by atoms with Crippen LogP contribution in [0.5, 0.6) is 0 Å². The highest BCUT2D eigenvalue weighted by atomic mass is 16.5. The van der Waals surface area contributed by atoms with Gasteiger partial charge in [-0.25, -0.2) is 0 Å². The molecule has 3 aromatic rings. The first-order valence-electron chi connectivity index (χ1n) is 9.96. The molecule has 0 aromatic heterocycles. The van der Waals surface area contributed by atoms with Crippen LogP contribution in [0.15, 0.2) is 91.0 Å². The molecule has 148 valence electrons. The van der Waals surface area contributed by atoms with E-state index in [1.807, 2.05) is 66.7 Å². The fraction of sp³-hybridized carbons (Fsp3) is 0.231. The number of hydrogen-bond donors (Lipinski definition) is 0. The van der Waals surface area contributed by atoms with Crippen molar-refractivity contribution in [2.24, 2.45) is 5.92 Å². The number of rotatable bonds is 9. The third kappa shape index (κ3) is 5.89. The van der Waals surface area contributed by atoms with E-state index in [-0.39, 0.29) is 18.3 Å². The Morgan fingerprint density at radius 1 is 0.724 bits per heavy atom. The molecule has 1 atom stereocenters. The molecular formula is C26H26O3. The number of carbonyl (C=O) groups excluding carboxylic acids is 2. The Morgan fingerprint density at radius 3 is 1.69 bits per heavy atom. The van der Waals surface area contributed by atoms with Crippen LogP contribution in [0.1, 0.15) is 42.4 Å². The smallest absolute Gasteiger partial charge is 0.316 e. The molecule has 1 unspecified atom stereocenters. The largest absolute Gasteiger partial charge is 0.460 e. The zero-order valence-corrected chi connectivity index (χ0v) is 16.7. The second-order valence-corrected chi connectivity index (χ2v) is 7.21. The van der Waals surface area contributed by atoms with Gasteiger partial charge in [-0.1, -0.05) is 91.0 Å². The van der Waals surface area contributed by atoms with Gasteiger partial charge < -0.3 is 4.74 Å². The monoisotopic (exact) mass is 386 g/mol. The molecule has 0 spiro atoms. The van der Waals surface area contributed by atoms with Crippen molar-refractivity contribution in [3.8, 4) is 0 Å². The number of ether oxygens (including phenoxy) is 1. The molecule has 3 aromatic carbocycles. The summed E-state index contributed by atoms with van der Waals surface area (Å²) in [5.74, 6) is -1.21. The topological polar surface area (TPSA) is 43.4 Å². The lowest BCUT2D eigenvalue weighted by molar-refractivity contribution is -0.153. The molecule has 29 heavy (non-hydrogen) atoms. The van der Waals surface area contributed by atoms with Crippen molar-refractivity contribution in [1.82, 2.24) is 0 Å². The van der Waals surface area contributed by atoms with Gasteiger partial charge in [0.25, 0.3) is 0 Å². The summed E-state index contributed by atoms with van der Waals surface area (Å²) >= 11 is 0. The summed E-state index contributed by atoms with van der Waals surface area (Å²) in [5, 5.41) is 0. The fourth-order valence-electron chi connectivity index (χ4n) is 3.55. The van der Waals surface area contributed by atoms with E-state index in [0.717, 1.165) is 5.56 Å². The van der Waals surface area contributed by atoms with Gasteiger partial charge in [0.15, 0.2) is 0 Å². The molecular weight excluding hydrogens is 360 g/mol. The Hall–Kier alpha value is -3.20. The van der Waals surface area contributed by atoms with E-state index >= 15 is 0 Å². The van der Waals surface area contributed by atoms with Crippen LogP contribution >= 0.6 is 0 Å². The molecule has 0 saturated carbocycles. The van der Waals surface area contributed by atoms with Gasteiger partial charge in [-0.15, -0.1) is 0 Å². The molecule has 0 saturated heterocycles. The fourth-order valence-corrected chi connectivity index (χ4v) is 3.55. The number of esters is 1. The van der Waals surface area contributed by atoms with E-state index in [0.29, 0.717) is 12.8 Å². The van der Waals surface area contributed by atoms with Crippen molar-refractivity contribution < 1.29 is 14.3 Å². The Labute approximate surface area is 172 Å². The van der Waals surface area contributed by atoms with Crippen molar-refractivity contribution in [1.29, 1.82) is 0 Å². The van der Waals surface area contributed by atoms with Gasteiger partial charge in [-0.2, -0.15) is 0 Å². The summed E-state index contributed by atoms with van der Waals surface area (Å²) in [5.41, 5.74) is 3.27. The van der Waals surface area contributed by atoms with Crippen LogP contribution in [0.2, 0.25) is 0 Å². The molecule has 0 amide bonds. The Kier molecular flexibility index (Phi) is 7.34. The third-order valence-electron chi connectivity index (χ3n) is 5.15. The molecule has 0 fully saturated rings. The van der Waals surface area contributed by atoms with E-state index in [2.05, 4.69) is 24.3 Å². The summed E-state index contributed by atoms with van der Waals surface area (Å²) < 4.78 is 5.44. The van der Waals surface area contributed by atoms with Gasteiger partial charge in [0.2, 0.25) is 0 Å². The second-order valence-electron chi connectivity index (χ2n) is 7.21. The Bertz CT molecular complexity index is 865. The summed E-state index contributed by atoms with van der Waals surface area (Å²) in [6.07, 6.45) is 1.15. The average Bonchev–Trinajstić information content (AvgIpc) is 2.77. The lowest BCUT2D eigenvalue weighted by atomic mass is 9.84. The molecule has 0 bridgehead atoms.